The van der Waals surface area contributed by atoms with Crippen LogP contribution in [0.25, 0.3) is 5.65 Å². The summed E-state index contributed by atoms with van der Waals surface area (Å²) < 4.78 is 34.9. The van der Waals surface area contributed by atoms with Crippen molar-refractivity contribution in [1.29, 1.82) is 0 Å². The van der Waals surface area contributed by atoms with E-state index in [4.69, 9.17) is 22.1 Å². The molecule has 3 N–H and O–H groups in total. The normalized spacial score (nSPS) is 12.4. The van der Waals surface area contributed by atoms with Crippen LogP contribution in [0, 0.1) is 24.5 Å². The fraction of sp³-hybridized carbons (Fsp3) is 0.333. The zero-order valence-electron chi connectivity index (χ0n) is 16.9. The average Bonchev–Trinajstić information content (AvgIpc) is 3.01. The molecule has 0 aliphatic carbocycles. The molecule has 1 amide bonds. The highest BCUT2D eigenvalue weighted by molar-refractivity contribution is 6.30. The van der Waals surface area contributed by atoms with Gasteiger partial charge in [-0.2, -0.15) is 0 Å². The van der Waals surface area contributed by atoms with E-state index in [1.54, 1.807) is 6.92 Å². The van der Waals surface area contributed by atoms with Gasteiger partial charge in [-0.3, -0.25) is 9.20 Å². The van der Waals surface area contributed by atoms with E-state index in [9.17, 15) is 13.6 Å². The van der Waals surface area contributed by atoms with Crippen molar-refractivity contribution in [1.82, 2.24) is 14.7 Å². The molecule has 2 aromatic heterocycles. The molecule has 1 atom stereocenters. The molecule has 0 fully saturated rings. The minimum Gasteiger partial charge on any atom is -0.485 e. The lowest BCUT2D eigenvalue weighted by Gasteiger charge is -2.16. The van der Waals surface area contributed by atoms with Gasteiger partial charge >= 0.3 is 0 Å². The molecule has 3 aromatic rings. The number of pyridine rings is 1. The molecule has 30 heavy (non-hydrogen) atoms. The first-order valence-electron chi connectivity index (χ1n) is 9.46. The van der Waals surface area contributed by atoms with Crippen LogP contribution in [0.2, 0.25) is 5.02 Å². The van der Waals surface area contributed by atoms with Gasteiger partial charge in [-0.15, -0.1) is 0 Å². The van der Waals surface area contributed by atoms with Crippen molar-refractivity contribution in [3.63, 3.8) is 0 Å². The largest absolute Gasteiger partial charge is 0.485 e. The fourth-order valence-electron chi connectivity index (χ4n) is 2.93. The summed E-state index contributed by atoms with van der Waals surface area (Å²) in [6.07, 6.45) is 1.53. The number of hydrogen-bond acceptors (Lipinski definition) is 4. The number of nitrogens with two attached hydrogens (primary N) is 1. The van der Waals surface area contributed by atoms with Crippen molar-refractivity contribution in [2.75, 3.05) is 6.54 Å². The molecule has 6 nitrogen and oxygen atoms in total. The minimum absolute atomic E-state index is 0.188. The van der Waals surface area contributed by atoms with E-state index in [-0.39, 0.29) is 46.5 Å². The molecule has 0 bridgehead atoms. The van der Waals surface area contributed by atoms with Gasteiger partial charge in [-0.25, -0.2) is 13.8 Å². The number of amides is 1. The van der Waals surface area contributed by atoms with Gasteiger partial charge in [0, 0.05) is 24.8 Å². The summed E-state index contributed by atoms with van der Waals surface area (Å²) in [6.45, 7) is 5.57. The van der Waals surface area contributed by atoms with E-state index in [0.717, 1.165) is 12.1 Å². The third-order valence-electron chi connectivity index (χ3n) is 4.83. The highest BCUT2D eigenvalue weighted by atomic mass is 35.5. The zero-order chi connectivity index (χ0) is 22.0. The second-order valence-corrected chi connectivity index (χ2v) is 7.81. The molecule has 9 heteroatoms. The Morgan fingerprint density at radius 3 is 2.63 bits per heavy atom. The molecule has 160 valence electrons. The third kappa shape index (κ3) is 4.55. The summed E-state index contributed by atoms with van der Waals surface area (Å²) in [5.74, 6) is -1.37. The number of hydrogen-bond donors (Lipinski definition) is 2. The van der Waals surface area contributed by atoms with Gasteiger partial charge in [-0.05, 0) is 25.0 Å². The van der Waals surface area contributed by atoms with Crippen LogP contribution in [-0.4, -0.2) is 27.9 Å². The van der Waals surface area contributed by atoms with Gasteiger partial charge in [-0.1, -0.05) is 31.5 Å². The number of nitrogens with one attached hydrogen (secondary N) is 1. The SMILES string of the molecule is Cc1nc2c(OCc3c(F)cccc3F)cc(Cl)cn2c1C(=O)NCC(N)C(C)C. The van der Waals surface area contributed by atoms with Crippen LogP contribution >= 0.6 is 11.6 Å². The van der Waals surface area contributed by atoms with Crippen LogP contribution in [0.5, 0.6) is 5.75 Å². The number of aromatic nitrogens is 2. The molecule has 0 aliphatic rings. The van der Waals surface area contributed by atoms with Crippen molar-refractivity contribution in [2.45, 2.75) is 33.4 Å². The Morgan fingerprint density at radius 1 is 1.33 bits per heavy atom. The molecular formula is C21H23ClF2N4O2. The lowest BCUT2D eigenvalue weighted by atomic mass is 10.1. The van der Waals surface area contributed by atoms with E-state index >= 15 is 0 Å². The topological polar surface area (TPSA) is 81.7 Å². The van der Waals surface area contributed by atoms with Crippen LogP contribution < -0.4 is 15.8 Å². The average molecular weight is 437 g/mol. The molecule has 2 heterocycles. The van der Waals surface area contributed by atoms with E-state index in [0.29, 0.717) is 17.9 Å². The number of imidazole rings is 1. The summed E-state index contributed by atoms with van der Waals surface area (Å²) in [6, 6.07) is 4.88. The molecule has 1 unspecified atom stereocenters. The standard InChI is InChI=1S/C21H23ClF2N4O2/c1-11(2)17(25)8-26-21(29)19-12(3)27-20-18(7-13(22)9-28(19)20)30-10-14-15(23)5-4-6-16(14)24/h4-7,9,11,17H,8,10,25H2,1-3H3,(H,26,29). The maximum absolute atomic E-state index is 13.9. The highest BCUT2D eigenvalue weighted by Crippen LogP contribution is 2.28. The number of carbonyl (C=O) groups excluding carboxylic acids is 1. The smallest absolute Gasteiger partial charge is 0.270 e. The molecule has 0 saturated carbocycles. The lowest BCUT2D eigenvalue weighted by Crippen LogP contribution is -2.40. The fourth-order valence-corrected chi connectivity index (χ4v) is 3.12. The Morgan fingerprint density at radius 2 is 2.00 bits per heavy atom. The first kappa shape index (κ1) is 22.0. The number of halogens is 3. The molecule has 0 radical (unpaired) electrons. The summed E-state index contributed by atoms with van der Waals surface area (Å²) >= 11 is 6.19. The summed E-state index contributed by atoms with van der Waals surface area (Å²) in [5, 5.41) is 3.08. The van der Waals surface area contributed by atoms with Crippen LogP contribution in [-0.2, 0) is 6.61 Å². The van der Waals surface area contributed by atoms with Gasteiger partial charge < -0.3 is 15.8 Å². The third-order valence-corrected chi connectivity index (χ3v) is 5.04. The first-order chi connectivity index (χ1) is 14.2. The van der Waals surface area contributed by atoms with Crippen molar-refractivity contribution in [3.8, 4) is 5.75 Å². The summed E-state index contributed by atoms with van der Waals surface area (Å²) in [4.78, 5) is 17.1. The van der Waals surface area contributed by atoms with Gasteiger partial charge in [0.2, 0.25) is 0 Å². The van der Waals surface area contributed by atoms with Crippen LogP contribution in [0.3, 0.4) is 0 Å². The molecule has 0 saturated heterocycles. The lowest BCUT2D eigenvalue weighted by molar-refractivity contribution is 0.0942. The predicted octanol–water partition coefficient (Wildman–Crippen LogP) is 3.87. The molecule has 0 aliphatic heterocycles. The van der Waals surface area contributed by atoms with Gasteiger partial charge in [0.25, 0.3) is 5.91 Å². The molecular weight excluding hydrogens is 414 g/mol. The van der Waals surface area contributed by atoms with E-state index < -0.39 is 11.6 Å². The van der Waals surface area contributed by atoms with Crippen molar-refractivity contribution in [2.24, 2.45) is 11.7 Å². The number of nitrogens with zero attached hydrogens (tertiary/aromatic N) is 2. The summed E-state index contributed by atoms with van der Waals surface area (Å²) in [5.41, 5.74) is 6.84. The minimum atomic E-state index is -0.714. The van der Waals surface area contributed by atoms with Crippen LogP contribution in [0.15, 0.2) is 30.5 Å². The Bertz CT molecular complexity index is 1060. The molecule has 3 rings (SSSR count). The van der Waals surface area contributed by atoms with Crippen LogP contribution in [0.4, 0.5) is 8.78 Å². The first-order valence-corrected chi connectivity index (χ1v) is 9.84. The molecule has 0 spiro atoms. The second kappa shape index (κ2) is 8.97. The van der Waals surface area contributed by atoms with Gasteiger partial charge in [0.05, 0.1) is 16.3 Å². The Kier molecular flexibility index (Phi) is 6.58. The maximum Gasteiger partial charge on any atom is 0.270 e. The second-order valence-electron chi connectivity index (χ2n) is 7.37. The quantitative estimate of drug-likeness (QED) is 0.589. The number of fused-ring (bicyclic) bond motifs is 1. The maximum atomic E-state index is 13.9. The number of rotatable bonds is 7. The van der Waals surface area contributed by atoms with E-state index in [1.165, 1.54) is 22.7 Å². The molecule has 1 aromatic carbocycles. The monoisotopic (exact) mass is 436 g/mol. The Balaban J connectivity index is 1.91. The van der Waals surface area contributed by atoms with E-state index in [2.05, 4.69) is 10.3 Å². The van der Waals surface area contributed by atoms with Crippen molar-refractivity contribution in [3.05, 3.63) is 64.1 Å². The van der Waals surface area contributed by atoms with Crippen molar-refractivity contribution >= 4 is 23.2 Å². The Labute approximate surface area is 178 Å². The number of carbonyl (C=O) groups is 1. The van der Waals surface area contributed by atoms with Gasteiger partial charge in [0.1, 0.15) is 23.9 Å². The predicted molar refractivity (Wildman–Crippen MR) is 111 cm³/mol. The number of benzene rings is 1. The van der Waals surface area contributed by atoms with Crippen molar-refractivity contribution < 1.29 is 18.3 Å². The summed E-state index contributed by atoms with van der Waals surface area (Å²) in [7, 11) is 0. The van der Waals surface area contributed by atoms with Gasteiger partial charge in [0.15, 0.2) is 11.4 Å². The highest BCUT2D eigenvalue weighted by Gasteiger charge is 2.21. The number of aryl methyl sites for hydroxylation is 1. The number of ether oxygens (including phenoxy) is 1. The Hall–Kier alpha value is -2.71. The van der Waals surface area contributed by atoms with E-state index in [1.807, 2.05) is 13.8 Å². The zero-order valence-corrected chi connectivity index (χ0v) is 17.6. The van der Waals surface area contributed by atoms with Crippen LogP contribution in [0.1, 0.15) is 35.6 Å².